The highest BCUT2D eigenvalue weighted by atomic mass is 16.5. The van der Waals surface area contributed by atoms with Crippen LogP contribution in [0.15, 0.2) is 67.0 Å². The molecule has 2 aliphatic heterocycles. The number of hydrogen-bond donors (Lipinski definition) is 2. The lowest BCUT2D eigenvalue weighted by Crippen LogP contribution is -2.54. The molecule has 0 spiro atoms. The minimum atomic E-state index is -0.346. The van der Waals surface area contributed by atoms with Crippen LogP contribution in [0, 0.1) is 0 Å². The van der Waals surface area contributed by atoms with Crippen molar-refractivity contribution >= 4 is 40.0 Å². The van der Waals surface area contributed by atoms with E-state index in [2.05, 4.69) is 42.2 Å². The van der Waals surface area contributed by atoms with E-state index in [1.54, 1.807) is 31.4 Å². The lowest BCUT2D eigenvalue weighted by atomic mass is 10.1. The summed E-state index contributed by atoms with van der Waals surface area (Å²) in [7, 11) is 1.60. The van der Waals surface area contributed by atoms with Crippen LogP contribution in [0.5, 0.6) is 5.75 Å². The Morgan fingerprint density at radius 3 is 2.50 bits per heavy atom. The van der Waals surface area contributed by atoms with Crippen LogP contribution in [0.25, 0.3) is 10.9 Å². The van der Waals surface area contributed by atoms with Crippen LogP contribution >= 0.6 is 0 Å². The number of nitrogens with zero attached hydrogens (tertiary/aromatic N) is 5. The lowest BCUT2D eigenvalue weighted by molar-refractivity contribution is 0.102. The number of pyridine rings is 1. The number of rotatable bonds is 5. The number of para-hydroxylation sites is 1. The van der Waals surface area contributed by atoms with Crippen molar-refractivity contribution in [1.82, 2.24) is 15.0 Å². The Morgan fingerprint density at radius 2 is 1.78 bits per heavy atom. The van der Waals surface area contributed by atoms with Crippen LogP contribution in [-0.4, -0.2) is 53.1 Å². The molecule has 2 aromatic carbocycles. The van der Waals surface area contributed by atoms with Crippen molar-refractivity contribution in [2.75, 3.05) is 41.0 Å². The van der Waals surface area contributed by atoms with Gasteiger partial charge in [0.1, 0.15) is 17.1 Å². The summed E-state index contributed by atoms with van der Waals surface area (Å²) >= 11 is 0. The molecule has 4 heterocycles. The number of carbonyl (C=O) groups is 1. The van der Waals surface area contributed by atoms with Crippen molar-refractivity contribution in [2.45, 2.75) is 24.9 Å². The Morgan fingerprint density at radius 1 is 1.03 bits per heavy atom. The monoisotopic (exact) mass is 481 g/mol. The van der Waals surface area contributed by atoms with E-state index >= 15 is 0 Å². The van der Waals surface area contributed by atoms with Crippen LogP contribution < -0.4 is 25.6 Å². The summed E-state index contributed by atoms with van der Waals surface area (Å²) in [5.41, 5.74) is 9.26. The van der Waals surface area contributed by atoms with Crippen molar-refractivity contribution in [2.24, 2.45) is 0 Å². The van der Waals surface area contributed by atoms with Gasteiger partial charge in [-0.1, -0.05) is 18.2 Å². The Kier molecular flexibility index (Phi) is 5.52. The van der Waals surface area contributed by atoms with E-state index in [1.165, 1.54) is 6.20 Å². The van der Waals surface area contributed by atoms with Gasteiger partial charge in [-0.2, -0.15) is 4.98 Å². The molecular formula is C27H27N7O2. The molecule has 2 aromatic heterocycles. The third kappa shape index (κ3) is 4.02. The summed E-state index contributed by atoms with van der Waals surface area (Å²) in [5, 5.41) is 3.98. The van der Waals surface area contributed by atoms with Gasteiger partial charge in [0.25, 0.3) is 5.91 Å². The Bertz CT molecular complexity index is 1410. The van der Waals surface area contributed by atoms with Crippen LogP contribution in [0.2, 0.25) is 0 Å². The first-order valence-corrected chi connectivity index (χ1v) is 12.0. The van der Waals surface area contributed by atoms with Crippen LogP contribution in [0.4, 0.5) is 23.1 Å². The molecule has 0 saturated carbocycles. The van der Waals surface area contributed by atoms with Crippen molar-refractivity contribution < 1.29 is 9.53 Å². The fraction of sp³-hybridized carbons (Fsp3) is 0.259. The first-order valence-electron chi connectivity index (χ1n) is 12.0. The Hall–Kier alpha value is -4.40. The highest BCUT2D eigenvalue weighted by Crippen LogP contribution is 2.36. The zero-order valence-electron chi connectivity index (χ0n) is 20.0. The molecule has 3 N–H and O–H groups in total. The molecule has 9 heteroatoms. The second-order valence-corrected chi connectivity index (χ2v) is 9.24. The van der Waals surface area contributed by atoms with E-state index in [0.717, 1.165) is 42.5 Å². The average Bonchev–Trinajstić information content (AvgIpc) is 3.17. The first-order chi connectivity index (χ1) is 17.6. The number of nitrogens with two attached hydrogens (primary N) is 1. The molecule has 1 amide bonds. The number of anilines is 4. The summed E-state index contributed by atoms with van der Waals surface area (Å²) in [6.45, 7) is 1.72. The largest absolute Gasteiger partial charge is 0.497 e. The second kappa shape index (κ2) is 8.99. The maximum absolute atomic E-state index is 12.8. The average molecular weight is 482 g/mol. The molecule has 36 heavy (non-hydrogen) atoms. The number of carbonyl (C=O) groups excluding carboxylic acids is 1. The summed E-state index contributed by atoms with van der Waals surface area (Å²) in [4.78, 5) is 31.2. The van der Waals surface area contributed by atoms with Gasteiger partial charge in [-0.05, 0) is 49.2 Å². The molecule has 0 radical (unpaired) electrons. The van der Waals surface area contributed by atoms with Crippen LogP contribution in [0.1, 0.15) is 23.2 Å². The van der Waals surface area contributed by atoms with Gasteiger partial charge >= 0.3 is 0 Å². The number of methoxy groups -OCH3 is 1. The molecule has 2 bridgehead atoms. The van der Waals surface area contributed by atoms with Gasteiger partial charge in [-0.15, -0.1) is 0 Å². The summed E-state index contributed by atoms with van der Waals surface area (Å²) in [5.74, 6) is 1.12. The zero-order chi connectivity index (χ0) is 24.6. The van der Waals surface area contributed by atoms with Crippen LogP contribution in [0.3, 0.4) is 0 Å². The molecule has 6 rings (SSSR count). The number of ether oxygens (including phenoxy) is 1. The molecule has 2 unspecified atom stereocenters. The zero-order valence-corrected chi connectivity index (χ0v) is 20.0. The smallest absolute Gasteiger partial charge is 0.260 e. The molecule has 9 nitrogen and oxygen atoms in total. The standard InChI is InChI=1S/C27H27N7O2/c1-36-22-10-6-18(7-11-22)31-26(35)23-14-30-27(32-25(23)28)34-19-8-9-20(34)16-33(15-19)21-12-17-4-2-3-5-24(17)29-13-21/h2-7,10-14,19-20H,8-9,15-16H2,1H3,(H,31,35)(H2,28,30,32). The topological polar surface area (TPSA) is 110 Å². The number of fused-ring (bicyclic) bond motifs is 3. The van der Waals surface area contributed by atoms with Crippen molar-refractivity contribution in [3.05, 3.63) is 72.6 Å². The molecule has 2 atom stereocenters. The molecule has 2 aliphatic rings. The first kappa shape index (κ1) is 22.1. The third-order valence-corrected chi connectivity index (χ3v) is 7.05. The van der Waals surface area contributed by atoms with Crippen molar-refractivity contribution in [3.8, 4) is 5.75 Å². The van der Waals surface area contributed by atoms with E-state index in [-0.39, 0.29) is 29.4 Å². The number of amides is 1. The molecule has 0 aliphatic carbocycles. The van der Waals surface area contributed by atoms with Gasteiger partial charge in [-0.25, -0.2) is 4.98 Å². The minimum absolute atomic E-state index is 0.173. The van der Waals surface area contributed by atoms with Crippen LogP contribution in [-0.2, 0) is 0 Å². The van der Waals surface area contributed by atoms with E-state index in [4.69, 9.17) is 10.5 Å². The summed E-state index contributed by atoms with van der Waals surface area (Å²) in [6.07, 6.45) is 5.61. The molecular weight excluding hydrogens is 454 g/mol. The Labute approximate surface area is 208 Å². The molecule has 182 valence electrons. The number of benzene rings is 2. The molecule has 4 aromatic rings. The highest BCUT2D eigenvalue weighted by Gasteiger charge is 2.41. The van der Waals surface area contributed by atoms with E-state index < -0.39 is 0 Å². The summed E-state index contributed by atoms with van der Waals surface area (Å²) < 4.78 is 5.16. The van der Waals surface area contributed by atoms with Gasteiger partial charge < -0.3 is 25.6 Å². The van der Waals surface area contributed by atoms with E-state index in [1.807, 2.05) is 24.4 Å². The second-order valence-electron chi connectivity index (χ2n) is 9.24. The predicted octanol–water partition coefficient (Wildman–Crippen LogP) is 3.73. The van der Waals surface area contributed by atoms with Gasteiger partial charge in [0.05, 0.1) is 24.5 Å². The summed E-state index contributed by atoms with van der Waals surface area (Å²) in [6, 6.07) is 18.0. The lowest BCUT2D eigenvalue weighted by Gasteiger charge is -2.42. The number of aromatic nitrogens is 3. The van der Waals surface area contributed by atoms with E-state index in [9.17, 15) is 4.79 Å². The van der Waals surface area contributed by atoms with Gasteiger partial charge in [0, 0.05) is 42.4 Å². The third-order valence-electron chi connectivity index (χ3n) is 7.05. The number of nitrogens with one attached hydrogen (secondary N) is 1. The van der Waals surface area contributed by atoms with Crippen molar-refractivity contribution in [3.63, 3.8) is 0 Å². The molecule has 2 fully saturated rings. The number of nitrogen functional groups attached to an aromatic ring is 1. The normalized spacial score (nSPS) is 18.9. The minimum Gasteiger partial charge on any atom is -0.497 e. The highest BCUT2D eigenvalue weighted by molar-refractivity contribution is 6.07. The Balaban J connectivity index is 1.18. The predicted molar refractivity (Wildman–Crippen MR) is 141 cm³/mol. The maximum Gasteiger partial charge on any atom is 0.260 e. The maximum atomic E-state index is 12.8. The van der Waals surface area contributed by atoms with Crippen molar-refractivity contribution in [1.29, 1.82) is 0 Å². The SMILES string of the molecule is COc1ccc(NC(=O)c2cnc(N3C4CCC3CN(c3cnc5ccccc5c3)C4)nc2N)cc1. The van der Waals surface area contributed by atoms with Gasteiger partial charge in [0.15, 0.2) is 0 Å². The molecule has 2 saturated heterocycles. The fourth-order valence-corrected chi connectivity index (χ4v) is 5.23. The number of hydrogen-bond acceptors (Lipinski definition) is 8. The van der Waals surface area contributed by atoms with Gasteiger partial charge in [-0.3, -0.25) is 9.78 Å². The quantitative estimate of drug-likeness (QED) is 0.444. The van der Waals surface area contributed by atoms with E-state index in [0.29, 0.717) is 17.4 Å². The fourth-order valence-electron chi connectivity index (χ4n) is 5.23. The number of piperazine rings is 1. The van der Waals surface area contributed by atoms with Gasteiger partial charge in [0.2, 0.25) is 5.95 Å².